The highest BCUT2D eigenvalue weighted by atomic mass is 32.2. The molecule has 1 aromatic carbocycles. The summed E-state index contributed by atoms with van der Waals surface area (Å²) in [4.78, 5) is 11.2. The molecule has 0 saturated carbocycles. The minimum Gasteiger partial charge on any atom is -0.495 e. The molecule has 0 bridgehead atoms. The highest BCUT2D eigenvalue weighted by Crippen LogP contribution is 2.23. The highest BCUT2D eigenvalue weighted by Gasteiger charge is 2.18. The van der Waals surface area contributed by atoms with Gasteiger partial charge in [-0.05, 0) is 18.2 Å². The number of rotatable bonds is 3. The first-order chi connectivity index (χ1) is 8.25. The molecule has 0 saturated heterocycles. The minimum absolute atomic E-state index is 0.00461. The lowest BCUT2D eigenvalue weighted by molar-refractivity contribution is 0.0976. The number of nitrogens with two attached hydrogens (primary N) is 2. The number of carbonyl (C=O) groups is 1. The maximum absolute atomic E-state index is 11.5. The fourth-order valence-electron chi connectivity index (χ4n) is 1.23. The van der Waals surface area contributed by atoms with Crippen LogP contribution in [0.3, 0.4) is 0 Å². The van der Waals surface area contributed by atoms with Gasteiger partial charge in [0.1, 0.15) is 10.6 Å². The maximum atomic E-state index is 11.5. The largest absolute Gasteiger partial charge is 0.495 e. The zero-order valence-corrected chi connectivity index (χ0v) is 10.2. The number of methoxy groups -OCH3 is 1. The van der Waals surface area contributed by atoms with E-state index in [0.29, 0.717) is 0 Å². The zero-order valence-electron chi connectivity index (χ0n) is 9.43. The van der Waals surface area contributed by atoms with Crippen molar-refractivity contribution in [2.75, 3.05) is 7.11 Å². The van der Waals surface area contributed by atoms with Crippen LogP contribution in [-0.2, 0) is 10.0 Å². The molecule has 18 heavy (non-hydrogen) atoms. The lowest BCUT2D eigenvalue weighted by Crippen LogP contribution is -2.35. The van der Waals surface area contributed by atoms with Crippen LogP contribution in [0, 0.1) is 5.41 Å². The van der Waals surface area contributed by atoms with Crippen molar-refractivity contribution in [1.82, 2.24) is 5.32 Å². The second kappa shape index (κ2) is 5.02. The first-order valence-electron chi connectivity index (χ1n) is 4.62. The first kappa shape index (κ1) is 13.9. The van der Waals surface area contributed by atoms with Crippen molar-refractivity contribution in [2.45, 2.75) is 4.90 Å². The molecule has 98 valence electrons. The smallest absolute Gasteiger partial charge is 0.257 e. The van der Waals surface area contributed by atoms with Crippen LogP contribution >= 0.6 is 0 Å². The number of primary sulfonamides is 1. The average molecular weight is 272 g/mol. The summed E-state index contributed by atoms with van der Waals surface area (Å²) in [6, 6.07) is 3.66. The second-order valence-corrected chi connectivity index (χ2v) is 4.81. The van der Waals surface area contributed by atoms with E-state index < -0.39 is 21.9 Å². The minimum atomic E-state index is -4.02. The topological polar surface area (TPSA) is 148 Å². The Morgan fingerprint density at radius 2 is 2.06 bits per heavy atom. The third kappa shape index (κ3) is 3.18. The molecule has 1 amide bonds. The van der Waals surface area contributed by atoms with Crippen molar-refractivity contribution in [2.24, 2.45) is 10.9 Å². The molecule has 0 heterocycles. The van der Waals surface area contributed by atoms with E-state index in [2.05, 4.69) is 0 Å². The summed E-state index contributed by atoms with van der Waals surface area (Å²) in [5.41, 5.74) is 4.99. The van der Waals surface area contributed by atoms with E-state index in [1.165, 1.54) is 19.2 Å². The van der Waals surface area contributed by atoms with Gasteiger partial charge in [-0.15, -0.1) is 0 Å². The van der Waals surface area contributed by atoms with Crippen molar-refractivity contribution in [3.63, 3.8) is 0 Å². The van der Waals surface area contributed by atoms with E-state index >= 15 is 0 Å². The molecule has 6 N–H and O–H groups in total. The quantitative estimate of drug-likeness (QED) is 0.410. The Morgan fingerprint density at radius 1 is 1.44 bits per heavy atom. The number of carbonyl (C=O) groups excluding carboxylic acids is 1. The number of nitrogens with one attached hydrogen (secondary N) is 2. The Hall–Kier alpha value is -2.13. The summed E-state index contributed by atoms with van der Waals surface area (Å²) in [6.07, 6.45) is 0. The fraction of sp³-hybridized carbons (Fsp3) is 0.111. The summed E-state index contributed by atoms with van der Waals surface area (Å²) in [6.45, 7) is 0. The standard InChI is InChI=1S/C9H12N4O4S/c1-17-6-3-2-5(8(14)13-9(10)11)4-7(6)18(12,15)16/h2-4H,1H3,(H2,12,15,16)(H4,10,11,13,14). The molecule has 0 aliphatic rings. The normalized spacial score (nSPS) is 10.8. The Morgan fingerprint density at radius 3 is 2.50 bits per heavy atom. The molecule has 0 aliphatic carbocycles. The molecule has 0 radical (unpaired) electrons. The zero-order chi connectivity index (χ0) is 13.9. The summed E-state index contributed by atoms with van der Waals surface area (Å²) in [5.74, 6) is -1.24. The Kier molecular flexibility index (Phi) is 3.89. The van der Waals surface area contributed by atoms with Crippen molar-refractivity contribution in [3.05, 3.63) is 23.8 Å². The van der Waals surface area contributed by atoms with Gasteiger partial charge in [0, 0.05) is 5.56 Å². The molecule has 9 heteroatoms. The summed E-state index contributed by atoms with van der Waals surface area (Å²) in [7, 11) is -2.74. The number of amides is 1. The molecule has 0 aliphatic heterocycles. The predicted molar refractivity (Wildman–Crippen MR) is 63.7 cm³/mol. The van der Waals surface area contributed by atoms with Gasteiger partial charge in [-0.25, -0.2) is 13.6 Å². The maximum Gasteiger partial charge on any atom is 0.257 e. The van der Waals surface area contributed by atoms with Gasteiger partial charge in [0.25, 0.3) is 5.91 Å². The van der Waals surface area contributed by atoms with Gasteiger partial charge < -0.3 is 10.5 Å². The number of benzene rings is 1. The lowest BCUT2D eigenvalue weighted by Gasteiger charge is -2.08. The van der Waals surface area contributed by atoms with Gasteiger partial charge in [-0.1, -0.05) is 0 Å². The number of hydrogen-bond donors (Lipinski definition) is 4. The van der Waals surface area contributed by atoms with Gasteiger partial charge in [-0.2, -0.15) is 0 Å². The van der Waals surface area contributed by atoms with Crippen LogP contribution in [0.15, 0.2) is 23.1 Å². The summed E-state index contributed by atoms with van der Waals surface area (Å²) < 4.78 is 27.4. The fourth-order valence-corrected chi connectivity index (χ4v) is 1.96. The van der Waals surface area contributed by atoms with Gasteiger partial charge >= 0.3 is 0 Å². The molecule has 0 spiro atoms. The van der Waals surface area contributed by atoms with Crippen LogP contribution < -0.4 is 20.9 Å². The SMILES string of the molecule is COc1ccc(C(=O)NC(=N)N)cc1S(N)(=O)=O. The number of guanidine groups is 1. The van der Waals surface area contributed by atoms with Gasteiger partial charge in [0.2, 0.25) is 10.0 Å². The highest BCUT2D eigenvalue weighted by molar-refractivity contribution is 7.89. The van der Waals surface area contributed by atoms with Crippen LogP contribution in [-0.4, -0.2) is 27.4 Å². The molecule has 0 atom stereocenters. The predicted octanol–water partition coefficient (Wildman–Crippen LogP) is -1.03. The average Bonchev–Trinajstić information content (AvgIpc) is 2.26. The van der Waals surface area contributed by atoms with Crippen LogP contribution in [0.4, 0.5) is 0 Å². The Balaban J connectivity index is 3.27. The summed E-state index contributed by atoms with van der Waals surface area (Å²) in [5, 5.41) is 13.9. The summed E-state index contributed by atoms with van der Waals surface area (Å²) >= 11 is 0. The van der Waals surface area contributed by atoms with Gasteiger partial charge in [0.15, 0.2) is 5.96 Å². The molecule has 8 nitrogen and oxygen atoms in total. The van der Waals surface area contributed by atoms with Crippen molar-refractivity contribution < 1.29 is 17.9 Å². The lowest BCUT2D eigenvalue weighted by atomic mass is 10.2. The molecular weight excluding hydrogens is 260 g/mol. The van der Waals surface area contributed by atoms with E-state index in [0.717, 1.165) is 6.07 Å². The van der Waals surface area contributed by atoms with E-state index in [-0.39, 0.29) is 16.2 Å². The van der Waals surface area contributed by atoms with Crippen LogP contribution in [0.1, 0.15) is 10.4 Å². The van der Waals surface area contributed by atoms with Crippen LogP contribution in [0.5, 0.6) is 5.75 Å². The Labute approximate surface area is 103 Å². The molecular formula is C9H12N4O4S. The van der Waals surface area contributed by atoms with E-state index in [1.54, 1.807) is 0 Å². The molecule has 1 aromatic rings. The molecule has 0 aromatic heterocycles. The van der Waals surface area contributed by atoms with Crippen LogP contribution in [0.2, 0.25) is 0 Å². The number of ether oxygens (including phenoxy) is 1. The van der Waals surface area contributed by atoms with E-state index in [9.17, 15) is 13.2 Å². The van der Waals surface area contributed by atoms with Gasteiger partial charge in [-0.3, -0.25) is 15.5 Å². The first-order valence-corrected chi connectivity index (χ1v) is 6.16. The molecule has 0 unspecified atom stereocenters. The third-order valence-electron chi connectivity index (χ3n) is 1.98. The van der Waals surface area contributed by atoms with E-state index in [1.807, 2.05) is 5.32 Å². The number of sulfonamides is 1. The molecule has 0 fully saturated rings. The second-order valence-electron chi connectivity index (χ2n) is 3.28. The molecule has 1 rings (SSSR count). The van der Waals surface area contributed by atoms with Gasteiger partial charge in [0.05, 0.1) is 7.11 Å². The van der Waals surface area contributed by atoms with Crippen molar-refractivity contribution >= 4 is 21.9 Å². The van der Waals surface area contributed by atoms with E-state index in [4.69, 9.17) is 21.0 Å². The Bertz CT molecular complexity index is 597. The number of hydrogen-bond acceptors (Lipinski definition) is 5. The van der Waals surface area contributed by atoms with Crippen LogP contribution in [0.25, 0.3) is 0 Å². The van der Waals surface area contributed by atoms with Crippen molar-refractivity contribution in [3.8, 4) is 5.75 Å². The third-order valence-corrected chi connectivity index (χ3v) is 2.91. The van der Waals surface area contributed by atoms with Crippen molar-refractivity contribution in [1.29, 1.82) is 5.41 Å². The monoisotopic (exact) mass is 272 g/mol.